The SMILES string of the molecule is Brc1cc(-c2ccnc(-c3ccccn3)c2)ccn1. The van der Waals surface area contributed by atoms with Crippen LogP contribution in [-0.4, -0.2) is 15.0 Å². The normalized spacial score (nSPS) is 10.4. The lowest BCUT2D eigenvalue weighted by atomic mass is 10.1. The zero-order chi connectivity index (χ0) is 13.1. The molecule has 3 rings (SSSR count). The highest BCUT2D eigenvalue weighted by Gasteiger charge is 2.04. The number of rotatable bonds is 2. The summed E-state index contributed by atoms with van der Waals surface area (Å²) in [6, 6.07) is 13.8. The topological polar surface area (TPSA) is 38.7 Å². The Hall–Kier alpha value is -2.07. The number of hydrogen-bond donors (Lipinski definition) is 0. The van der Waals surface area contributed by atoms with E-state index in [0.717, 1.165) is 27.1 Å². The zero-order valence-electron chi connectivity index (χ0n) is 9.99. The highest BCUT2D eigenvalue weighted by Crippen LogP contribution is 2.24. The van der Waals surface area contributed by atoms with Crippen molar-refractivity contribution in [2.45, 2.75) is 0 Å². The third-order valence-electron chi connectivity index (χ3n) is 2.75. The highest BCUT2D eigenvalue weighted by atomic mass is 79.9. The molecule has 92 valence electrons. The third-order valence-corrected chi connectivity index (χ3v) is 3.18. The van der Waals surface area contributed by atoms with Gasteiger partial charge in [0.1, 0.15) is 4.60 Å². The number of pyridine rings is 3. The third kappa shape index (κ3) is 2.69. The quantitative estimate of drug-likeness (QED) is 0.672. The van der Waals surface area contributed by atoms with Gasteiger partial charge in [-0.1, -0.05) is 6.07 Å². The number of hydrogen-bond acceptors (Lipinski definition) is 3. The summed E-state index contributed by atoms with van der Waals surface area (Å²) in [7, 11) is 0. The lowest BCUT2D eigenvalue weighted by molar-refractivity contribution is 1.24. The predicted octanol–water partition coefficient (Wildman–Crippen LogP) is 3.97. The maximum atomic E-state index is 4.37. The molecule has 0 N–H and O–H groups in total. The van der Waals surface area contributed by atoms with Gasteiger partial charge in [-0.25, -0.2) is 4.98 Å². The average Bonchev–Trinajstić information content (AvgIpc) is 2.48. The van der Waals surface area contributed by atoms with Crippen molar-refractivity contribution >= 4 is 15.9 Å². The van der Waals surface area contributed by atoms with Crippen LogP contribution in [0.25, 0.3) is 22.5 Å². The van der Waals surface area contributed by atoms with Crippen LogP contribution in [0.2, 0.25) is 0 Å². The van der Waals surface area contributed by atoms with E-state index in [4.69, 9.17) is 0 Å². The minimum atomic E-state index is 0.821. The molecule has 0 aliphatic rings. The van der Waals surface area contributed by atoms with Crippen LogP contribution >= 0.6 is 15.9 Å². The lowest BCUT2D eigenvalue weighted by Gasteiger charge is -2.04. The molecule has 4 heteroatoms. The highest BCUT2D eigenvalue weighted by molar-refractivity contribution is 9.10. The molecule has 0 unspecified atom stereocenters. The molecule has 0 aliphatic carbocycles. The Morgan fingerprint density at radius 2 is 1.42 bits per heavy atom. The van der Waals surface area contributed by atoms with E-state index < -0.39 is 0 Å². The maximum Gasteiger partial charge on any atom is 0.106 e. The second-order valence-electron chi connectivity index (χ2n) is 4.01. The van der Waals surface area contributed by atoms with E-state index in [1.807, 2.05) is 42.5 Å². The molecule has 0 aromatic carbocycles. The van der Waals surface area contributed by atoms with Gasteiger partial charge in [0.05, 0.1) is 11.4 Å². The molecule has 0 atom stereocenters. The molecule has 0 bridgehead atoms. The molecule has 0 radical (unpaired) electrons. The second kappa shape index (κ2) is 5.28. The Labute approximate surface area is 119 Å². The fraction of sp³-hybridized carbons (Fsp3) is 0. The first kappa shape index (κ1) is 12.0. The van der Waals surface area contributed by atoms with Crippen molar-refractivity contribution in [3.05, 3.63) is 65.7 Å². The van der Waals surface area contributed by atoms with Crippen LogP contribution in [0.15, 0.2) is 65.7 Å². The fourth-order valence-electron chi connectivity index (χ4n) is 1.85. The van der Waals surface area contributed by atoms with Crippen LogP contribution in [0.3, 0.4) is 0 Å². The molecule has 0 amide bonds. The smallest absolute Gasteiger partial charge is 0.106 e. The van der Waals surface area contributed by atoms with E-state index in [0.29, 0.717) is 0 Å². The molecule has 3 nitrogen and oxygen atoms in total. The molecule has 3 aromatic rings. The van der Waals surface area contributed by atoms with Crippen molar-refractivity contribution < 1.29 is 0 Å². The summed E-state index contributed by atoms with van der Waals surface area (Å²) in [4.78, 5) is 12.8. The summed E-state index contributed by atoms with van der Waals surface area (Å²) in [5, 5.41) is 0. The summed E-state index contributed by atoms with van der Waals surface area (Å²) in [6.07, 6.45) is 5.35. The lowest BCUT2D eigenvalue weighted by Crippen LogP contribution is -1.88. The van der Waals surface area contributed by atoms with Gasteiger partial charge in [-0.3, -0.25) is 9.97 Å². The monoisotopic (exact) mass is 311 g/mol. The van der Waals surface area contributed by atoms with Crippen molar-refractivity contribution in [2.75, 3.05) is 0 Å². The summed E-state index contributed by atoms with van der Waals surface area (Å²) < 4.78 is 0.821. The molecule has 0 saturated carbocycles. The van der Waals surface area contributed by atoms with Crippen molar-refractivity contribution in [1.82, 2.24) is 15.0 Å². The van der Waals surface area contributed by atoms with E-state index >= 15 is 0 Å². The van der Waals surface area contributed by atoms with Gasteiger partial charge in [0, 0.05) is 18.6 Å². The first-order chi connectivity index (χ1) is 9.33. The Morgan fingerprint density at radius 1 is 0.684 bits per heavy atom. The maximum absolute atomic E-state index is 4.37. The summed E-state index contributed by atoms with van der Waals surface area (Å²) in [5.74, 6) is 0. The van der Waals surface area contributed by atoms with Gasteiger partial charge in [-0.2, -0.15) is 0 Å². The van der Waals surface area contributed by atoms with Gasteiger partial charge in [-0.15, -0.1) is 0 Å². The number of halogens is 1. The fourth-order valence-corrected chi connectivity index (χ4v) is 2.21. The Balaban J connectivity index is 2.06. The van der Waals surface area contributed by atoms with Crippen LogP contribution in [0.5, 0.6) is 0 Å². The van der Waals surface area contributed by atoms with Gasteiger partial charge in [0.15, 0.2) is 0 Å². The van der Waals surface area contributed by atoms with Crippen LogP contribution in [0, 0.1) is 0 Å². The minimum Gasteiger partial charge on any atom is -0.255 e. The molecule has 19 heavy (non-hydrogen) atoms. The molecule has 0 saturated heterocycles. The van der Waals surface area contributed by atoms with E-state index in [1.165, 1.54) is 0 Å². The van der Waals surface area contributed by atoms with Crippen molar-refractivity contribution in [2.24, 2.45) is 0 Å². The number of nitrogens with zero attached hydrogens (tertiary/aromatic N) is 3. The van der Waals surface area contributed by atoms with Gasteiger partial charge < -0.3 is 0 Å². The average molecular weight is 312 g/mol. The largest absolute Gasteiger partial charge is 0.255 e. The van der Waals surface area contributed by atoms with Gasteiger partial charge in [0.2, 0.25) is 0 Å². The van der Waals surface area contributed by atoms with Crippen LogP contribution in [0.1, 0.15) is 0 Å². The Kier molecular flexibility index (Phi) is 3.33. The predicted molar refractivity (Wildman–Crippen MR) is 78.4 cm³/mol. The van der Waals surface area contributed by atoms with Crippen LogP contribution in [0.4, 0.5) is 0 Å². The first-order valence-electron chi connectivity index (χ1n) is 5.82. The minimum absolute atomic E-state index is 0.821. The van der Waals surface area contributed by atoms with Crippen LogP contribution in [-0.2, 0) is 0 Å². The van der Waals surface area contributed by atoms with E-state index in [1.54, 1.807) is 18.6 Å². The van der Waals surface area contributed by atoms with Crippen molar-refractivity contribution in [3.63, 3.8) is 0 Å². The molecule has 3 aromatic heterocycles. The summed E-state index contributed by atoms with van der Waals surface area (Å²) in [5.41, 5.74) is 3.93. The first-order valence-corrected chi connectivity index (χ1v) is 6.61. The summed E-state index contributed by atoms with van der Waals surface area (Å²) in [6.45, 7) is 0. The van der Waals surface area contributed by atoms with Gasteiger partial charge in [-0.05, 0) is 63.5 Å². The van der Waals surface area contributed by atoms with Crippen LogP contribution < -0.4 is 0 Å². The molecular weight excluding hydrogens is 302 g/mol. The zero-order valence-corrected chi connectivity index (χ0v) is 11.6. The van der Waals surface area contributed by atoms with Crippen molar-refractivity contribution in [1.29, 1.82) is 0 Å². The van der Waals surface area contributed by atoms with E-state index in [2.05, 4.69) is 30.9 Å². The standard InChI is InChI=1S/C15H10BrN3/c16-15-10-12(5-8-19-15)11-4-7-18-14(9-11)13-3-1-2-6-17-13/h1-10H. The Morgan fingerprint density at radius 3 is 2.16 bits per heavy atom. The second-order valence-corrected chi connectivity index (χ2v) is 4.82. The molecule has 0 spiro atoms. The summed E-state index contributed by atoms with van der Waals surface area (Å²) >= 11 is 3.38. The molecular formula is C15H10BrN3. The van der Waals surface area contributed by atoms with E-state index in [-0.39, 0.29) is 0 Å². The van der Waals surface area contributed by atoms with Crippen molar-refractivity contribution in [3.8, 4) is 22.5 Å². The van der Waals surface area contributed by atoms with E-state index in [9.17, 15) is 0 Å². The van der Waals surface area contributed by atoms with Gasteiger partial charge >= 0.3 is 0 Å². The number of aromatic nitrogens is 3. The Bertz CT molecular complexity index is 699. The molecule has 0 fully saturated rings. The molecule has 0 aliphatic heterocycles. The molecule has 3 heterocycles. The van der Waals surface area contributed by atoms with Gasteiger partial charge in [0.25, 0.3) is 0 Å².